The molecule has 2 aromatic rings. The first kappa shape index (κ1) is 20.4. The lowest BCUT2D eigenvalue weighted by atomic mass is 10.0. The molecule has 0 saturated heterocycles. The smallest absolute Gasteiger partial charge is 0.195 e. The van der Waals surface area contributed by atoms with Crippen LogP contribution in [0.1, 0.15) is 22.3 Å². The van der Waals surface area contributed by atoms with E-state index in [1.54, 1.807) is 61.0 Å². The van der Waals surface area contributed by atoms with Crippen molar-refractivity contribution in [3.8, 4) is 0 Å². The number of hydrogen-bond donors (Lipinski definition) is 1. The molecule has 0 spiro atoms. The lowest BCUT2D eigenvalue weighted by molar-refractivity contribution is 0.103. The molecule has 1 aromatic carbocycles. The second kappa shape index (κ2) is 8.77. The molecule has 0 bridgehead atoms. The Morgan fingerprint density at radius 1 is 1.18 bits per heavy atom. The molecule has 0 radical (unpaired) electrons. The molecular weight excluding hydrogens is 416 g/mol. The highest BCUT2D eigenvalue weighted by Gasteiger charge is 2.15. The van der Waals surface area contributed by atoms with Gasteiger partial charge in [-0.25, -0.2) is 8.42 Å². The zero-order chi connectivity index (χ0) is 20.1. The van der Waals surface area contributed by atoms with Crippen LogP contribution in [0.2, 0.25) is 5.02 Å². The van der Waals surface area contributed by atoms with Crippen molar-refractivity contribution in [3.63, 3.8) is 0 Å². The highest BCUT2D eigenvalue weighted by atomic mass is 35.5. The van der Waals surface area contributed by atoms with Crippen molar-refractivity contribution >= 4 is 44.9 Å². The van der Waals surface area contributed by atoms with Gasteiger partial charge in [0.1, 0.15) is 0 Å². The van der Waals surface area contributed by atoms with Crippen molar-refractivity contribution in [2.75, 3.05) is 11.0 Å². The van der Waals surface area contributed by atoms with Crippen LogP contribution in [0, 0.1) is 0 Å². The van der Waals surface area contributed by atoms with Crippen LogP contribution in [0.25, 0.3) is 0 Å². The van der Waals surface area contributed by atoms with E-state index in [1.165, 1.54) is 18.2 Å². The average molecular weight is 433 g/mol. The summed E-state index contributed by atoms with van der Waals surface area (Å²) in [4.78, 5) is 17.9. The SMILES string of the molecule is CS(=O)(=O)C1=CC=C(SNc2ccc(Cl)cc2C(=O)c2ccncc2)C=CC1. The fraction of sp³-hybridized carbons (Fsp3) is 0.100. The Labute approximate surface area is 173 Å². The number of carbonyl (C=O) groups is 1. The van der Waals surface area contributed by atoms with E-state index < -0.39 is 9.84 Å². The quantitative estimate of drug-likeness (QED) is 0.522. The van der Waals surface area contributed by atoms with E-state index >= 15 is 0 Å². The summed E-state index contributed by atoms with van der Waals surface area (Å²) in [6.07, 6.45) is 11.6. The molecule has 0 fully saturated rings. The van der Waals surface area contributed by atoms with Crippen LogP contribution in [0.15, 0.2) is 76.8 Å². The van der Waals surface area contributed by atoms with E-state index in [2.05, 4.69) is 9.71 Å². The summed E-state index contributed by atoms with van der Waals surface area (Å²) in [6.45, 7) is 0. The molecule has 0 saturated carbocycles. The maximum Gasteiger partial charge on any atom is 0.195 e. The summed E-state index contributed by atoms with van der Waals surface area (Å²) in [5.74, 6) is -0.169. The Hall–Kier alpha value is -2.35. The Morgan fingerprint density at radius 2 is 1.93 bits per heavy atom. The molecule has 1 aliphatic rings. The van der Waals surface area contributed by atoms with Gasteiger partial charge in [-0.3, -0.25) is 9.78 Å². The molecule has 0 unspecified atom stereocenters. The molecule has 28 heavy (non-hydrogen) atoms. The third-order valence-electron chi connectivity index (χ3n) is 3.96. The summed E-state index contributed by atoms with van der Waals surface area (Å²) in [7, 11) is -3.22. The molecule has 1 aliphatic carbocycles. The number of carbonyl (C=O) groups excluding carboxylic acids is 1. The first-order chi connectivity index (χ1) is 13.3. The van der Waals surface area contributed by atoms with Crippen molar-refractivity contribution in [1.29, 1.82) is 0 Å². The van der Waals surface area contributed by atoms with Gasteiger partial charge in [-0.1, -0.05) is 23.8 Å². The summed E-state index contributed by atoms with van der Waals surface area (Å²) in [5.41, 5.74) is 1.57. The predicted octanol–water partition coefficient (Wildman–Crippen LogP) is 4.80. The highest BCUT2D eigenvalue weighted by Crippen LogP contribution is 2.29. The van der Waals surface area contributed by atoms with Gasteiger partial charge < -0.3 is 4.72 Å². The van der Waals surface area contributed by atoms with E-state index in [0.29, 0.717) is 33.2 Å². The minimum absolute atomic E-state index is 0.169. The second-order valence-electron chi connectivity index (χ2n) is 6.04. The number of rotatable bonds is 6. The Bertz CT molecular complexity index is 1090. The third-order valence-corrected chi connectivity index (χ3v) is 6.28. The maximum atomic E-state index is 12.8. The largest absolute Gasteiger partial charge is 0.325 e. The Morgan fingerprint density at radius 3 is 2.64 bits per heavy atom. The first-order valence-corrected chi connectivity index (χ1v) is 11.4. The molecule has 0 atom stereocenters. The van der Waals surface area contributed by atoms with Gasteiger partial charge >= 0.3 is 0 Å². The number of allylic oxidation sites excluding steroid dienone is 5. The number of pyridine rings is 1. The van der Waals surface area contributed by atoms with Crippen LogP contribution in [-0.4, -0.2) is 25.4 Å². The van der Waals surface area contributed by atoms with Crippen LogP contribution >= 0.6 is 23.5 Å². The van der Waals surface area contributed by atoms with Crippen LogP contribution in [0.4, 0.5) is 5.69 Å². The first-order valence-electron chi connectivity index (χ1n) is 8.29. The number of nitrogens with one attached hydrogen (secondary N) is 1. The van der Waals surface area contributed by atoms with E-state index in [-0.39, 0.29) is 5.78 Å². The van der Waals surface area contributed by atoms with Crippen molar-refractivity contribution in [1.82, 2.24) is 4.98 Å². The third kappa shape index (κ3) is 5.13. The maximum absolute atomic E-state index is 12.8. The molecule has 5 nitrogen and oxygen atoms in total. The van der Waals surface area contributed by atoms with Crippen molar-refractivity contribution < 1.29 is 13.2 Å². The molecule has 1 heterocycles. The van der Waals surface area contributed by atoms with E-state index in [1.807, 2.05) is 6.08 Å². The van der Waals surface area contributed by atoms with Gasteiger partial charge in [0.15, 0.2) is 15.6 Å². The fourth-order valence-electron chi connectivity index (χ4n) is 2.50. The summed E-state index contributed by atoms with van der Waals surface area (Å²) in [6, 6.07) is 8.35. The molecular formula is C20H17ClN2O3S2. The Kier molecular flexibility index (Phi) is 6.39. The van der Waals surface area contributed by atoms with Gasteiger partial charge in [0.25, 0.3) is 0 Å². The number of anilines is 1. The zero-order valence-corrected chi connectivity index (χ0v) is 17.3. The van der Waals surface area contributed by atoms with Crippen molar-refractivity contribution in [2.45, 2.75) is 6.42 Å². The molecule has 3 rings (SSSR count). The lowest BCUT2D eigenvalue weighted by Gasteiger charge is -2.11. The van der Waals surface area contributed by atoms with Gasteiger partial charge in [0.2, 0.25) is 0 Å². The van der Waals surface area contributed by atoms with Gasteiger partial charge in [0, 0.05) is 51.0 Å². The minimum Gasteiger partial charge on any atom is -0.325 e. The Balaban J connectivity index is 1.83. The van der Waals surface area contributed by atoms with Gasteiger partial charge in [-0.15, -0.1) is 0 Å². The summed E-state index contributed by atoms with van der Waals surface area (Å²) in [5, 5.41) is 0.460. The topological polar surface area (TPSA) is 76.1 Å². The predicted molar refractivity (Wildman–Crippen MR) is 115 cm³/mol. The average Bonchev–Trinajstić information content (AvgIpc) is 2.93. The highest BCUT2D eigenvalue weighted by molar-refractivity contribution is 8.04. The molecule has 0 aliphatic heterocycles. The number of sulfone groups is 1. The van der Waals surface area contributed by atoms with E-state index in [4.69, 9.17) is 11.6 Å². The van der Waals surface area contributed by atoms with Crippen LogP contribution < -0.4 is 4.72 Å². The van der Waals surface area contributed by atoms with Crippen molar-refractivity contribution in [3.05, 3.63) is 93.0 Å². The second-order valence-corrected chi connectivity index (χ2v) is 9.42. The van der Waals surface area contributed by atoms with Crippen LogP contribution in [0.3, 0.4) is 0 Å². The molecule has 144 valence electrons. The summed E-state index contributed by atoms with van der Waals surface area (Å²) >= 11 is 7.38. The van der Waals surface area contributed by atoms with Crippen LogP contribution in [-0.2, 0) is 9.84 Å². The normalized spacial score (nSPS) is 14.1. The fourth-order valence-corrected chi connectivity index (χ4v) is 4.09. The number of benzene rings is 1. The number of nitrogens with zero attached hydrogens (tertiary/aromatic N) is 1. The molecule has 1 aromatic heterocycles. The molecule has 1 N–H and O–H groups in total. The van der Waals surface area contributed by atoms with E-state index in [9.17, 15) is 13.2 Å². The number of aromatic nitrogens is 1. The number of hydrogen-bond acceptors (Lipinski definition) is 6. The molecule has 0 amide bonds. The number of ketones is 1. The summed E-state index contributed by atoms with van der Waals surface area (Å²) < 4.78 is 26.6. The van der Waals surface area contributed by atoms with Crippen LogP contribution in [0.5, 0.6) is 0 Å². The van der Waals surface area contributed by atoms with E-state index in [0.717, 1.165) is 4.91 Å². The standard InChI is InChI=1S/C20H17ClN2O3S2/c1-28(25,26)17-4-2-3-16(6-7-17)27-23-19-8-5-15(21)13-18(19)20(24)14-9-11-22-12-10-14/h2-3,5-13,23H,4H2,1H3. The lowest BCUT2D eigenvalue weighted by Crippen LogP contribution is -2.05. The van der Waals surface area contributed by atoms with Gasteiger partial charge in [-0.05, 0) is 54.4 Å². The van der Waals surface area contributed by atoms with Crippen molar-refractivity contribution in [2.24, 2.45) is 0 Å². The zero-order valence-electron chi connectivity index (χ0n) is 14.9. The molecule has 8 heteroatoms. The minimum atomic E-state index is -3.22. The monoisotopic (exact) mass is 432 g/mol. The van der Waals surface area contributed by atoms with Gasteiger partial charge in [-0.2, -0.15) is 0 Å². The van der Waals surface area contributed by atoms with Gasteiger partial charge in [0.05, 0.1) is 5.69 Å². The number of halogens is 1.